The molecule has 27 heavy (non-hydrogen) atoms. The Morgan fingerprint density at radius 2 is 1.93 bits per heavy atom. The minimum atomic E-state index is -4.63. The van der Waals surface area contributed by atoms with Gasteiger partial charge in [0.25, 0.3) is 0 Å². The number of carbonyl (C=O) groups excluding carboxylic acids is 2. The molecule has 144 valence electrons. The number of ketones is 1. The van der Waals surface area contributed by atoms with Crippen LogP contribution in [-0.4, -0.2) is 23.3 Å². The van der Waals surface area contributed by atoms with Gasteiger partial charge >= 0.3 is 6.18 Å². The standard InChI is InChI=1S/C18H16F4N2O3/c1-11(25)24-17-9-12(6-7-23-17)15(26)3-2-8-27-16-5-4-13(10-14(16)19)18(20,21)22/h4-7,9-10H,2-3,8H2,1H3,(H,23,24,25). The molecule has 2 aromatic rings. The normalized spacial score (nSPS) is 11.1. The summed E-state index contributed by atoms with van der Waals surface area (Å²) in [6.45, 7) is 1.27. The number of pyridine rings is 1. The van der Waals surface area contributed by atoms with Crippen molar-refractivity contribution in [2.24, 2.45) is 0 Å². The Labute approximate surface area is 152 Å². The van der Waals surface area contributed by atoms with E-state index in [4.69, 9.17) is 4.74 Å². The van der Waals surface area contributed by atoms with Gasteiger partial charge in [0, 0.05) is 25.1 Å². The Kier molecular flexibility index (Phi) is 6.49. The molecule has 1 heterocycles. The van der Waals surface area contributed by atoms with E-state index in [1.165, 1.54) is 25.3 Å². The zero-order valence-electron chi connectivity index (χ0n) is 14.3. The molecule has 1 aromatic heterocycles. The van der Waals surface area contributed by atoms with Crippen LogP contribution in [-0.2, 0) is 11.0 Å². The van der Waals surface area contributed by atoms with Crippen LogP contribution in [0.15, 0.2) is 36.5 Å². The van der Waals surface area contributed by atoms with Gasteiger partial charge in [0.2, 0.25) is 5.91 Å². The number of hydrogen-bond acceptors (Lipinski definition) is 4. The van der Waals surface area contributed by atoms with Gasteiger partial charge in [0.15, 0.2) is 17.3 Å². The van der Waals surface area contributed by atoms with Crippen molar-refractivity contribution in [3.8, 4) is 5.75 Å². The molecule has 0 aliphatic rings. The van der Waals surface area contributed by atoms with Crippen LogP contribution >= 0.6 is 0 Å². The Hall–Kier alpha value is -2.97. The molecular weight excluding hydrogens is 368 g/mol. The molecule has 0 spiro atoms. The van der Waals surface area contributed by atoms with Crippen molar-refractivity contribution in [3.63, 3.8) is 0 Å². The van der Waals surface area contributed by atoms with Crippen molar-refractivity contribution in [2.75, 3.05) is 11.9 Å². The third-order valence-corrected chi connectivity index (χ3v) is 3.45. The summed E-state index contributed by atoms with van der Waals surface area (Å²) in [7, 11) is 0. The van der Waals surface area contributed by atoms with Crippen molar-refractivity contribution in [1.29, 1.82) is 0 Å². The number of nitrogens with zero attached hydrogens (tertiary/aromatic N) is 1. The second kappa shape index (κ2) is 8.61. The molecule has 0 saturated heterocycles. The molecule has 0 bridgehead atoms. The average Bonchev–Trinajstić information content (AvgIpc) is 2.58. The number of aromatic nitrogens is 1. The maximum absolute atomic E-state index is 13.6. The average molecular weight is 384 g/mol. The minimum Gasteiger partial charge on any atom is -0.491 e. The van der Waals surface area contributed by atoms with Crippen molar-refractivity contribution in [3.05, 3.63) is 53.5 Å². The molecule has 0 fully saturated rings. The van der Waals surface area contributed by atoms with Crippen molar-refractivity contribution in [2.45, 2.75) is 25.9 Å². The SMILES string of the molecule is CC(=O)Nc1cc(C(=O)CCCOc2ccc(C(F)(F)F)cc2F)ccn1. The van der Waals surface area contributed by atoms with E-state index in [1.807, 2.05) is 0 Å². The molecule has 1 amide bonds. The highest BCUT2D eigenvalue weighted by Gasteiger charge is 2.31. The number of benzene rings is 1. The Balaban J connectivity index is 1.86. The van der Waals surface area contributed by atoms with Crippen LogP contribution in [0, 0.1) is 5.82 Å². The predicted molar refractivity (Wildman–Crippen MR) is 89.0 cm³/mol. The Bertz CT molecular complexity index is 838. The monoisotopic (exact) mass is 384 g/mol. The van der Waals surface area contributed by atoms with Gasteiger partial charge in [-0.3, -0.25) is 9.59 Å². The molecule has 1 N–H and O–H groups in total. The fourth-order valence-corrected chi connectivity index (χ4v) is 2.21. The summed E-state index contributed by atoms with van der Waals surface area (Å²) in [6, 6.07) is 4.91. The van der Waals surface area contributed by atoms with Crippen LogP contribution in [0.25, 0.3) is 0 Å². The van der Waals surface area contributed by atoms with E-state index >= 15 is 0 Å². The Morgan fingerprint density at radius 3 is 2.56 bits per heavy atom. The smallest absolute Gasteiger partial charge is 0.416 e. The summed E-state index contributed by atoms with van der Waals surface area (Å²) in [5.41, 5.74) is -0.760. The molecule has 0 radical (unpaired) electrons. The minimum absolute atomic E-state index is 0.0440. The second-order valence-corrected chi connectivity index (χ2v) is 5.63. The molecule has 5 nitrogen and oxygen atoms in total. The first kappa shape index (κ1) is 20.3. The summed E-state index contributed by atoms with van der Waals surface area (Å²) in [5.74, 6) is -1.74. The van der Waals surface area contributed by atoms with Crippen molar-refractivity contribution >= 4 is 17.5 Å². The van der Waals surface area contributed by atoms with Crippen molar-refractivity contribution < 1.29 is 31.9 Å². The van der Waals surface area contributed by atoms with Gasteiger partial charge in [-0.25, -0.2) is 9.37 Å². The van der Waals surface area contributed by atoms with Crippen LogP contribution in [0.3, 0.4) is 0 Å². The van der Waals surface area contributed by atoms with Gasteiger partial charge in [-0.15, -0.1) is 0 Å². The summed E-state index contributed by atoms with van der Waals surface area (Å²) < 4.78 is 56.2. The summed E-state index contributed by atoms with van der Waals surface area (Å²) >= 11 is 0. The lowest BCUT2D eigenvalue weighted by atomic mass is 10.1. The number of ether oxygens (including phenoxy) is 1. The number of rotatable bonds is 7. The lowest BCUT2D eigenvalue weighted by Crippen LogP contribution is -2.09. The van der Waals surface area contributed by atoms with E-state index < -0.39 is 17.6 Å². The van der Waals surface area contributed by atoms with Crippen LogP contribution < -0.4 is 10.1 Å². The van der Waals surface area contributed by atoms with Gasteiger partial charge in [0.05, 0.1) is 12.2 Å². The lowest BCUT2D eigenvalue weighted by molar-refractivity contribution is -0.137. The fraction of sp³-hybridized carbons (Fsp3) is 0.278. The van der Waals surface area contributed by atoms with Gasteiger partial charge in [-0.05, 0) is 36.8 Å². The van der Waals surface area contributed by atoms with E-state index in [9.17, 15) is 27.2 Å². The topological polar surface area (TPSA) is 68.3 Å². The molecule has 0 atom stereocenters. The zero-order valence-corrected chi connectivity index (χ0v) is 14.3. The number of carbonyl (C=O) groups is 2. The summed E-state index contributed by atoms with van der Waals surface area (Å²) in [6.07, 6.45) is -2.94. The summed E-state index contributed by atoms with van der Waals surface area (Å²) in [5, 5.41) is 2.46. The molecular formula is C18H16F4N2O3. The number of Topliss-reactive ketones (excluding diaryl/α,β-unsaturated/α-hetero) is 1. The van der Waals surface area contributed by atoms with Crippen LogP contribution in [0.1, 0.15) is 35.7 Å². The molecule has 0 aliphatic heterocycles. The summed E-state index contributed by atoms with van der Waals surface area (Å²) in [4.78, 5) is 27.0. The highest BCUT2D eigenvalue weighted by atomic mass is 19.4. The van der Waals surface area contributed by atoms with Crippen LogP contribution in [0.2, 0.25) is 0 Å². The van der Waals surface area contributed by atoms with Crippen molar-refractivity contribution in [1.82, 2.24) is 4.98 Å². The molecule has 2 rings (SSSR count). The predicted octanol–water partition coefficient (Wildman–Crippen LogP) is 4.24. The maximum Gasteiger partial charge on any atom is 0.416 e. The number of anilines is 1. The van der Waals surface area contributed by atoms with E-state index in [0.717, 1.165) is 12.1 Å². The van der Waals surface area contributed by atoms with Gasteiger partial charge in [-0.2, -0.15) is 13.2 Å². The highest BCUT2D eigenvalue weighted by molar-refractivity contribution is 5.97. The number of alkyl halides is 3. The van der Waals surface area contributed by atoms with Crippen LogP contribution in [0.4, 0.5) is 23.4 Å². The maximum atomic E-state index is 13.6. The first-order chi connectivity index (χ1) is 12.7. The largest absolute Gasteiger partial charge is 0.491 e. The second-order valence-electron chi connectivity index (χ2n) is 5.63. The lowest BCUT2D eigenvalue weighted by Gasteiger charge is -2.10. The van der Waals surface area contributed by atoms with Crippen LogP contribution in [0.5, 0.6) is 5.75 Å². The van der Waals surface area contributed by atoms with E-state index in [1.54, 1.807) is 0 Å². The quantitative estimate of drug-likeness (QED) is 0.441. The van der Waals surface area contributed by atoms with Gasteiger partial charge in [0.1, 0.15) is 5.82 Å². The number of nitrogens with one attached hydrogen (secondary N) is 1. The number of amides is 1. The third kappa shape index (κ3) is 6.05. The third-order valence-electron chi connectivity index (χ3n) is 3.45. The van der Waals surface area contributed by atoms with Gasteiger partial charge in [-0.1, -0.05) is 0 Å². The van der Waals surface area contributed by atoms with E-state index in [2.05, 4.69) is 10.3 Å². The fourth-order valence-electron chi connectivity index (χ4n) is 2.21. The van der Waals surface area contributed by atoms with E-state index in [-0.39, 0.29) is 42.7 Å². The van der Waals surface area contributed by atoms with E-state index in [0.29, 0.717) is 11.6 Å². The number of halogens is 4. The van der Waals surface area contributed by atoms with Gasteiger partial charge < -0.3 is 10.1 Å². The molecule has 9 heteroatoms. The highest BCUT2D eigenvalue weighted by Crippen LogP contribution is 2.31. The molecule has 0 aliphatic carbocycles. The zero-order chi connectivity index (χ0) is 20.0. The number of hydrogen-bond donors (Lipinski definition) is 1. The molecule has 0 unspecified atom stereocenters. The first-order valence-electron chi connectivity index (χ1n) is 7.93. The molecule has 1 aromatic carbocycles. The first-order valence-corrected chi connectivity index (χ1v) is 7.93. The molecule has 0 saturated carbocycles. The Morgan fingerprint density at radius 1 is 1.19 bits per heavy atom.